The standard InChI is InChI=1S/C11H9BrFNS/c12-9-3-1-2-8(11(9)13)10-5-4-7(6-14)15-10/h1-5H,6,14H2. The monoisotopic (exact) mass is 285 g/mol. The summed E-state index contributed by atoms with van der Waals surface area (Å²) in [5.74, 6) is -0.220. The van der Waals surface area contributed by atoms with Gasteiger partial charge in [0.25, 0.3) is 0 Å². The first-order valence-electron chi connectivity index (χ1n) is 4.45. The van der Waals surface area contributed by atoms with Crippen LogP contribution in [0.1, 0.15) is 4.88 Å². The summed E-state index contributed by atoms with van der Waals surface area (Å²) in [6.45, 7) is 0.500. The Morgan fingerprint density at radius 3 is 2.73 bits per heavy atom. The second kappa shape index (κ2) is 4.43. The summed E-state index contributed by atoms with van der Waals surface area (Å²) < 4.78 is 14.2. The molecule has 78 valence electrons. The molecule has 0 radical (unpaired) electrons. The average Bonchev–Trinajstić information content (AvgIpc) is 2.70. The summed E-state index contributed by atoms with van der Waals surface area (Å²) in [6, 6.07) is 9.12. The molecule has 0 bridgehead atoms. The van der Waals surface area contributed by atoms with Crippen molar-refractivity contribution in [1.29, 1.82) is 0 Å². The predicted molar refractivity (Wildman–Crippen MR) is 65.3 cm³/mol. The third-order valence-electron chi connectivity index (χ3n) is 2.08. The van der Waals surface area contributed by atoms with E-state index in [-0.39, 0.29) is 5.82 Å². The lowest BCUT2D eigenvalue weighted by Gasteiger charge is -2.01. The molecule has 0 aliphatic heterocycles. The fraction of sp³-hybridized carbons (Fsp3) is 0.0909. The van der Waals surface area contributed by atoms with Crippen molar-refractivity contribution in [3.8, 4) is 10.4 Å². The molecule has 2 rings (SSSR count). The van der Waals surface area contributed by atoms with E-state index in [4.69, 9.17) is 5.73 Å². The Balaban J connectivity index is 2.49. The number of benzene rings is 1. The highest BCUT2D eigenvalue weighted by molar-refractivity contribution is 9.10. The minimum absolute atomic E-state index is 0.220. The van der Waals surface area contributed by atoms with Crippen LogP contribution < -0.4 is 5.73 Å². The Hall–Kier alpha value is -0.710. The second-order valence-corrected chi connectivity index (χ2v) is 5.09. The van der Waals surface area contributed by atoms with Crippen LogP contribution in [0.15, 0.2) is 34.8 Å². The maximum atomic E-state index is 13.7. The molecule has 2 aromatic rings. The van der Waals surface area contributed by atoms with Crippen molar-refractivity contribution in [1.82, 2.24) is 0 Å². The van der Waals surface area contributed by atoms with Gasteiger partial charge >= 0.3 is 0 Å². The third-order valence-corrected chi connectivity index (χ3v) is 3.83. The summed E-state index contributed by atoms with van der Waals surface area (Å²) in [5.41, 5.74) is 6.14. The largest absolute Gasteiger partial charge is 0.326 e. The molecule has 4 heteroatoms. The normalized spacial score (nSPS) is 10.6. The Morgan fingerprint density at radius 1 is 1.27 bits per heavy atom. The zero-order valence-electron chi connectivity index (χ0n) is 7.84. The number of hydrogen-bond donors (Lipinski definition) is 1. The van der Waals surface area contributed by atoms with Crippen molar-refractivity contribution in [2.75, 3.05) is 0 Å². The molecule has 1 heterocycles. The fourth-order valence-electron chi connectivity index (χ4n) is 1.33. The van der Waals surface area contributed by atoms with E-state index in [2.05, 4.69) is 15.9 Å². The van der Waals surface area contributed by atoms with Crippen LogP contribution in [0.4, 0.5) is 4.39 Å². The first kappa shape index (κ1) is 10.8. The number of thiophene rings is 1. The lowest BCUT2D eigenvalue weighted by Crippen LogP contribution is -1.91. The number of nitrogens with two attached hydrogens (primary N) is 1. The lowest BCUT2D eigenvalue weighted by atomic mass is 10.2. The zero-order valence-corrected chi connectivity index (χ0v) is 10.2. The smallest absolute Gasteiger partial charge is 0.146 e. The van der Waals surface area contributed by atoms with E-state index in [9.17, 15) is 4.39 Å². The van der Waals surface area contributed by atoms with E-state index < -0.39 is 0 Å². The molecule has 0 saturated carbocycles. The molecule has 2 N–H and O–H groups in total. The molecule has 1 aromatic heterocycles. The van der Waals surface area contributed by atoms with E-state index >= 15 is 0 Å². The predicted octanol–water partition coefficient (Wildman–Crippen LogP) is 3.78. The van der Waals surface area contributed by atoms with Crippen LogP contribution in [0, 0.1) is 5.82 Å². The van der Waals surface area contributed by atoms with Gasteiger partial charge in [0.2, 0.25) is 0 Å². The Morgan fingerprint density at radius 2 is 2.07 bits per heavy atom. The van der Waals surface area contributed by atoms with Crippen LogP contribution in [0.2, 0.25) is 0 Å². The van der Waals surface area contributed by atoms with Gasteiger partial charge in [0.05, 0.1) is 4.47 Å². The minimum Gasteiger partial charge on any atom is -0.326 e. The SMILES string of the molecule is NCc1ccc(-c2cccc(Br)c2F)s1. The zero-order chi connectivity index (χ0) is 10.8. The van der Waals surface area contributed by atoms with Gasteiger partial charge in [-0.1, -0.05) is 12.1 Å². The summed E-state index contributed by atoms with van der Waals surface area (Å²) in [4.78, 5) is 1.97. The van der Waals surface area contributed by atoms with Crippen LogP contribution in [-0.2, 0) is 6.54 Å². The van der Waals surface area contributed by atoms with E-state index in [1.54, 1.807) is 12.1 Å². The quantitative estimate of drug-likeness (QED) is 0.893. The van der Waals surface area contributed by atoms with Gasteiger partial charge in [-0.05, 0) is 34.1 Å². The lowest BCUT2D eigenvalue weighted by molar-refractivity contribution is 0.625. The number of halogens is 2. The molecule has 0 atom stereocenters. The molecule has 0 amide bonds. The molecular weight excluding hydrogens is 277 g/mol. The van der Waals surface area contributed by atoms with Gasteiger partial charge in [0.15, 0.2) is 0 Å². The van der Waals surface area contributed by atoms with Crippen molar-refractivity contribution < 1.29 is 4.39 Å². The molecule has 0 saturated heterocycles. The molecule has 0 unspecified atom stereocenters. The van der Waals surface area contributed by atoms with Crippen molar-refractivity contribution in [2.45, 2.75) is 6.54 Å². The minimum atomic E-state index is -0.220. The first-order valence-corrected chi connectivity index (χ1v) is 6.06. The van der Waals surface area contributed by atoms with Crippen LogP contribution >= 0.6 is 27.3 Å². The van der Waals surface area contributed by atoms with Gasteiger partial charge in [-0.25, -0.2) is 4.39 Å². The number of rotatable bonds is 2. The van der Waals surface area contributed by atoms with Gasteiger partial charge in [-0.15, -0.1) is 11.3 Å². The number of hydrogen-bond acceptors (Lipinski definition) is 2. The van der Waals surface area contributed by atoms with E-state index in [0.29, 0.717) is 16.6 Å². The molecule has 0 spiro atoms. The van der Waals surface area contributed by atoms with Gasteiger partial charge in [-0.3, -0.25) is 0 Å². The summed E-state index contributed by atoms with van der Waals surface area (Å²) in [7, 11) is 0. The Kier molecular flexibility index (Phi) is 3.19. The molecule has 1 nitrogen and oxygen atoms in total. The summed E-state index contributed by atoms with van der Waals surface area (Å²) in [5, 5.41) is 0. The molecule has 0 aliphatic carbocycles. The van der Waals surface area contributed by atoms with Crippen molar-refractivity contribution in [3.63, 3.8) is 0 Å². The third kappa shape index (κ3) is 2.12. The molecular formula is C11H9BrFNS. The highest BCUT2D eigenvalue weighted by Crippen LogP contribution is 2.32. The maximum Gasteiger partial charge on any atom is 0.146 e. The van der Waals surface area contributed by atoms with Crippen LogP contribution in [0.25, 0.3) is 10.4 Å². The van der Waals surface area contributed by atoms with Crippen LogP contribution in [-0.4, -0.2) is 0 Å². The summed E-state index contributed by atoms with van der Waals surface area (Å²) in [6.07, 6.45) is 0. The first-order chi connectivity index (χ1) is 7.22. The summed E-state index contributed by atoms with van der Waals surface area (Å²) >= 11 is 4.70. The molecule has 1 aromatic carbocycles. The van der Waals surface area contributed by atoms with Gasteiger partial charge in [-0.2, -0.15) is 0 Å². The van der Waals surface area contributed by atoms with E-state index in [0.717, 1.165) is 9.75 Å². The van der Waals surface area contributed by atoms with Crippen LogP contribution in [0.5, 0.6) is 0 Å². The topological polar surface area (TPSA) is 26.0 Å². The average molecular weight is 286 g/mol. The second-order valence-electron chi connectivity index (χ2n) is 3.07. The Labute approximate surface area is 99.9 Å². The molecule has 0 aliphatic rings. The van der Waals surface area contributed by atoms with E-state index in [1.807, 2.05) is 18.2 Å². The maximum absolute atomic E-state index is 13.7. The molecule has 0 fully saturated rings. The van der Waals surface area contributed by atoms with Gasteiger partial charge in [0, 0.05) is 21.9 Å². The van der Waals surface area contributed by atoms with Crippen molar-refractivity contribution >= 4 is 27.3 Å². The molecule has 15 heavy (non-hydrogen) atoms. The van der Waals surface area contributed by atoms with Crippen molar-refractivity contribution in [2.24, 2.45) is 5.73 Å². The van der Waals surface area contributed by atoms with Crippen molar-refractivity contribution in [3.05, 3.63) is 45.5 Å². The van der Waals surface area contributed by atoms with Gasteiger partial charge in [0.1, 0.15) is 5.82 Å². The highest BCUT2D eigenvalue weighted by atomic mass is 79.9. The fourth-order valence-corrected chi connectivity index (χ4v) is 2.60. The van der Waals surface area contributed by atoms with Gasteiger partial charge < -0.3 is 5.73 Å². The Bertz CT molecular complexity index is 481. The van der Waals surface area contributed by atoms with Crippen LogP contribution in [0.3, 0.4) is 0 Å². The van der Waals surface area contributed by atoms with E-state index in [1.165, 1.54) is 11.3 Å². The highest BCUT2D eigenvalue weighted by Gasteiger charge is 2.09.